The third kappa shape index (κ3) is 5.37. The zero-order chi connectivity index (χ0) is 15.8. The van der Waals surface area contributed by atoms with Crippen LogP contribution in [0.3, 0.4) is 0 Å². The molecule has 0 saturated carbocycles. The molecule has 1 unspecified atom stereocenters. The van der Waals surface area contributed by atoms with E-state index in [2.05, 4.69) is 5.32 Å². The van der Waals surface area contributed by atoms with Crippen molar-refractivity contribution < 1.29 is 14.3 Å². The fraction of sp³-hybridized carbons (Fsp3) is 0.588. The first-order chi connectivity index (χ1) is 10.8. The Morgan fingerprint density at radius 3 is 2.83 bits per heavy atom. The van der Waals surface area contributed by atoms with Crippen LogP contribution in [0.1, 0.15) is 30.9 Å². The van der Waals surface area contributed by atoms with E-state index in [9.17, 15) is 4.79 Å². The van der Waals surface area contributed by atoms with Gasteiger partial charge in [-0.2, -0.15) is 0 Å². The summed E-state index contributed by atoms with van der Waals surface area (Å²) in [4.78, 5) is 14.5. The Labute approximate surface area is 144 Å². The van der Waals surface area contributed by atoms with Gasteiger partial charge in [-0.15, -0.1) is 12.4 Å². The minimum Gasteiger partial charge on any atom is -0.496 e. The Morgan fingerprint density at radius 1 is 1.30 bits per heavy atom. The van der Waals surface area contributed by atoms with E-state index in [0.29, 0.717) is 13.0 Å². The fourth-order valence-corrected chi connectivity index (χ4v) is 2.89. The Morgan fingerprint density at radius 2 is 2.09 bits per heavy atom. The topological polar surface area (TPSA) is 50.8 Å². The number of rotatable bonds is 7. The van der Waals surface area contributed by atoms with Crippen LogP contribution in [-0.2, 0) is 9.53 Å². The van der Waals surface area contributed by atoms with Crippen LogP contribution in [0, 0.1) is 0 Å². The number of nitrogens with one attached hydrogen (secondary N) is 1. The summed E-state index contributed by atoms with van der Waals surface area (Å²) in [5.74, 6) is 1.06. The van der Waals surface area contributed by atoms with Crippen LogP contribution >= 0.6 is 12.4 Å². The van der Waals surface area contributed by atoms with E-state index in [1.165, 1.54) is 0 Å². The van der Waals surface area contributed by atoms with Gasteiger partial charge in [-0.1, -0.05) is 18.2 Å². The number of methoxy groups -OCH3 is 2. The number of carbonyl (C=O) groups excluding carboxylic acids is 1. The van der Waals surface area contributed by atoms with Gasteiger partial charge < -0.3 is 19.7 Å². The van der Waals surface area contributed by atoms with E-state index < -0.39 is 0 Å². The van der Waals surface area contributed by atoms with Crippen molar-refractivity contribution >= 4 is 18.3 Å². The maximum atomic E-state index is 12.6. The molecule has 1 fully saturated rings. The summed E-state index contributed by atoms with van der Waals surface area (Å²) < 4.78 is 10.5. The molecule has 0 aromatic heterocycles. The highest BCUT2D eigenvalue weighted by Crippen LogP contribution is 2.30. The Hall–Kier alpha value is -1.30. The molecule has 5 nitrogen and oxygen atoms in total. The smallest absolute Gasteiger partial charge is 0.223 e. The molecule has 1 N–H and O–H groups in total. The number of piperazine rings is 1. The highest BCUT2D eigenvalue weighted by atomic mass is 35.5. The van der Waals surface area contributed by atoms with E-state index in [1.54, 1.807) is 14.2 Å². The predicted octanol–water partition coefficient (Wildman–Crippen LogP) is 2.41. The van der Waals surface area contributed by atoms with Crippen molar-refractivity contribution in [1.82, 2.24) is 10.2 Å². The number of nitrogens with zero attached hydrogens (tertiary/aromatic N) is 1. The van der Waals surface area contributed by atoms with E-state index >= 15 is 0 Å². The molecular formula is C17H27ClN2O3. The van der Waals surface area contributed by atoms with Gasteiger partial charge in [0.2, 0.25) is 5.91 Å². The van der Waals surface area contributed by atoms with E-state index in [1.807, 2.05) is 29.2 Å². The number of ether oxygens (including phenoxy) is 2. The molecule has 0 radical (unpaired) electrons. The third-order valence-electron chi connectivity index (χ3n) is 4.05. The molecule has 0 spiro atoms. The van der Waals surface area contributed by atoms with Crippen molar-refractivity contribution in [1.29, 1.82) is 0 Å². The van der Waals surface area contributed by atoms with Crippen molar-refractivity contribution in [3.05, 3.63) is 29.8 Å². The summed E-state index contributed by atoms with van der Waals surface area (Å²) in [5, 5.41) is 3.38. The second-order valence-electron chi connectivity index (χ2n) is 5.50. The van der Waals surface area contributed by atoms with Crippen LogP contribution in [0.4, 0.5) is 0 Å². The van der Waals surface area contributed by atoms with Crippen molar-refractivity contribution in [2.75, 3.05) is 40.5 Å². The van der Waals surface area contributed by atoms with Crippen LogP contribution < -0.4 is 10.1 Å². The molecule has 6 heteroatoms. The monoisotopic (exact) mass is 342 g/mol. The van der Waals surface area contributed by atoms with Crippen molar-refractivity contribution in [2.24, 2.45) is 0 Å². The highest BCUT2D eigenvalue weighted by molar-refractivity contribution is 5.85. The number of benzene rings is 1. The first-order valence-corrected chi connectivity index (χ1v) is 7.90. The summed E-state index contributed by atoms with van der Waals surface area (Å²) in [5.41, 5.74) is 1.07. The van der Waals surface area contributed by atoms with Gasteiger partial charge in [-0.05, 0) is 18.9 Å². The molecule has 0 bridgehead atoms. The Bertz CT molecular complexity index is 485. The second-order valence-corrected chi connectivity index (χ2v) is 5.50. The summed E-state index contributed by atoms with van der Waals surface area (Å²) in [7, 11) is 3.36. The Kier molecular flexibility index (Phi) is 8.99. The van der Waals surface area contributed by atoms with Gasteiger partial charge in [0, 0.05) is 45.3 Å². The van der Waals surface area contributed by atoms with Crippen LogP contribution in [0.5, 0.6) is 5.75 Å². The zero-order valence-corrected chi connectivity index (χ0v) is 14.7. The van der Waals surface area contributed by atoms with E-state index in [0.717, 1.165) is 43.8 Å². The second kappa shape index (κ2) is 10.5. The number of hydrogen-bond donors (Lipinski definition) is 1. The van der Waals surface area contributed by atoms with Gasteiger partial charge in [0.05, 0.1) is 13.2 Å². The number of unbranched alkanes of at least 4 members (excludes halogenated alkanes) is 1. The van der Waals surface area contributed by atoms with Crippen LogP contribution in [0.25, 0.3) is 0 Å². The number of amides is 1. The average Bonchev–Trinajstić information content (AvgIpc) is 2.58. The maximum Gasteiger partial charge on any atom is 0.223 e. The summed E-state index contributed by atoms with van der Waals surface area (Å²) in [6.45, 7) is 3.07. The quantitative estimate of drug-likeness (QED) is 0.773. The first-order valence-electron chi connectivity index (χ1n) is 7.90. The lowest BCUT2D eigenvalue weighted by Gasteiger charge is -2.37. The molecule has 1 aliphatic heterocycles. The van der Waals surface area contributed by atoms with Crippen LogP contribution in [-0.4, -0.2) is 51.3 Å². The lowest BCUT2D eigenvalue weighted by molar-refractivity contribution is -0.134. The zero-order valence-electron chi connectivity index (χ0n) is 13.9. The molecular weight excluding hydrogens is 316 g/mol. The third-order valence-corrected chi connectivity index (χ3v) is 4.05. The largest absolute Gasteiger partial charge is 0.496 e. The lowest BCUT2D eigenvalue weighted by atomic mass is 10.0. The molecule has 1 aromatic carbocycles. The number of hydrogen-bond acceptors (Lipinski definition) is 4. The predicted molar refractivity (Wildman–Crippen MR) is 93.3 cm³/mol. The average molecular weight is 343 g/mol. The molecule has 1 amide bonds. The van der Waals surface area contributed by atoms with Gasteiger partial charge >= 0.3 is 0 Å². The maximum absolute atomic E-state index is 12.6. The lowest BCUT2D eigenvalue weighted by Crippen LogP contribution is -2.48. The SMILES string of the molecule is COCCCCC(=O)N1CCNCC1c1ccccc1OC.Cl. The molecule has 1 heterocycles. The molecule has 2 rings (SSSR count). The van der Waals surface area contributed by atoms with Crippen molar-refractivity contribution in [2.45, 2.75) is 25.3 Å². The molecule has 1 aromatic rings. The molecule has 1 atom stereocenters. The molecule has 130 valence electrons. The van der Waals surface area contributed by atoms with Gasteiger partial charge in [0.15, 0.2) is 0 Å². The highest BCUT2D eigenvalue weighted by Gasteiger charge is 2.29. The standard InChI is InChI=1S/C17H26N2O3.ClH/c1-21-12-6-5-9-17(20)19-11-10-18-13-15(19)14-7-3-4-8-16(14)22-2;/h3-4,7-8,15,18H,5-6,9-13H2,1-2H3;1H. The van der Waals surface area contributed by atoms with Crippen LogP contribution in [0.2, 0.25) is 0 Å². The number of halogens is 1. The number of para-hydroxylation sites is 1. The van der Waals surface area contributed by atoms with Crippen molar-refractivity contribution in [3.8, 4) is 5.75 Å². The Balaban J connectivity index is 0.00000264. The fourth-order valence-electron chi connectivity index (χ4n) is 2.89. The first kappa shape index (κ1) is 19.7. The van der Waals surface area contributed by atoms with Gasteiger partial charge in [0.1, 0.15) is 5.75 Å². The molecule has 1 aliphatic rings. The van der Waals surface area contributed by atoms with Gasteiger partial charge in [0.25, 0.3) is 0 Å². The normalized spacial score (nSPS) is 17.5. The minimum absolute atomic E-state index is 0. The molecule has 0 aliphatic carbocycles. The molecule has 1 saturated heterocycles. The van der Waals surface area contributed by atoms with E-state index in [-0.39, 0.29) is 24.4 Å². The van der Waals surface area contributed by atoms with Gasteiger partial charge in [-0.25, -0.2) is 0 Å². The van der Waals surface area contributed by atoms with Gasteiger partial charge in [-0.3, -0.25) is 4.79 Å². The summed E-state index contributed by atoms with van der Waals surface area (Å²) in [6.07, 6.45) is 2.37. The van der Waals surface area contributed by atoms with Crippen LogP contribution in [0.15, 0.2) is 24.3 Å². The number of carbonyl (C=O) groups is 1. The molecule has 23 heavy (non-hydrogen) atoms. The van der Waals surface area contributed by atoms with E-state index in [4.69, 9.17) is 9.47 Å². The van der Waals surface area contributed by atoms with Crippen molar-refractivity contribution in [3.63, 3.8) is 0 Å². The minimum atomic E-state index is 0. The summed E-state index contributed by atoms with van der Waals surface area (Å²) in [6, 6.07) is 7.98. The summed E-state index contributed by atoms with van der Waals surface area (Å²) >= 11 is 0.